The maximum absolute atomic E-state index is 4.87. The van der Waals surface area contributed by atoms with Crippen molar-refractivity contribution in [3.8, 4) is 0 Å². The zero-order valence-corrected chi connectivity index (χ0v) is 9.02. The number of ether oxygens (including phenoxy) is 1. The van der Waals surface area contributed by atoms with Gasteiger partial charge >= 0.3 is 0 Å². The van der Waals surface area contributed by atoms with Gasteiger partial charge in [0.15, 0.2) is 5.82 Å². The van der Waals surface area contributed by atoms with E-state index < -0.39 is 0 Å². The Labute approximate surface area is 81.4 Å². The molecule has 0 aliphatic heterocycles. The van der Waals surface area contributed by atoms with E-state index in [1.165, 1.54) is 0 Å². The normalized spacial score (nSPS) is 10.1. The summed E-state index contributed by atoms with van der Waals surface area (Å²) in [5.74, 6) is 0.661. The van der Waals surface area contributed by atoms with Gasteiger partial charge < -0.3 is 4.74 Å². The summed E-state index contributed by atoms with van der Waals surface area (Å²) in [4.78, 5) is 8.15. The highest BCUT2D eigenvalue weighted by atomic mass is 79.9. The summed E-state index contributed by atoms with van der Waals surface area (Å²) in [5, 5.41) is 0. The highest BCUT2D eigenvalue weighted by Gasteiger charge is 1.99. The lowest BCUT2D eigenvalue weighted by molar-refractivity contribution is 0.177. The number of methoxy groups -OCH3 is 1. The lowest BCUT2D eigenvalue weighted by Crippen LogP contribution is -1.96. The van der Waals surface area contributed by atoms with Crippen molar-refractivity contribution >= 4 is 31.9 Å². The Kier molecular flexibility index (Phi) is 3.42. The van der Waals surface area contributed by atoms with Crippen LogP contribution < -0.4 is 0 Å². The van der Waals surface area contributed by atoms with Gasteiger partial charge in [-0.2, -0.15) is 0 Å². The molecular weight excluding hydrogens is 276 g/mol. The average Bonchev–Trinajstić information content (AvgIpc) is 1.85. The molecule has 0 saturated heterocycles. The van der Waals surface area contributed by atoms with E-state index in [0.29, 0.717) is 12.4 Å². The Hall–Kier alpha value is -0.0000000000000000555. The Balaban J connectivity index is 2.89. The number of aromatic nitrogens is 2. The van der Waals surface area contributed by atoms with E-state index in [-0.39, 0.29) is 0 Å². The van der Waals surface area contributed by atoms with Gasteiger partial charge in [-0.3, -0.25) is 0 Å². The fourth-order valence-corrected chi connectivity index (χ4v) is 1.78. The van der Waals surface area contributed by atoms with Crippen molar-refractivity contribution < 1.29 is 4.74 Å². The molecule has 0 spiro atoms. The van der Waals surface area contributed by atoms with Gasteiger partial charge in [0, 0.05) is 13.2 Å². The molecule has 0 atom stereocenters. The van der Waals surface area contributed by atoms with Crippen molar-refractivity contribution in [2.75, 3.05) is 7.11 Å². The highest BCUT2D eigenvalue weighted by Crippen LogP contribution is 2.13. The van der Waals surface area contributed by atoms with Crippen molar-refractivity contribution in [1.29, 1.82) is 0 Å². The average molecular weight is 282 g/mol. The summed E-state index contributed by atoms with van der Waals surface area (Å²) in [6.07, 6.45) is 0. The minimum Gasteiger partial charge on any atom is -0.377 e. The van der Waals surface area contributed by atoms with Crippen LogP contribution in [-0.4, -0.2) is 17.1 Å². The zero-order valence-electron chi connectivity index (χ0n) is 5.84. The smallest absolute Gasteiger partial charge is 0.156 e. The van der Waals surface area contributed by atoms with Crippen molar-refractivity contribution in [3.63, 3.8) is 0 Å². The fourth-order valence-electron chi connectivity index (χ4n) is 0.628. The van der Waals surface area contributed by atoms with Crippen molar-refractivity contribution in [2.24, 2.45) is 0 Å². The van der Waals surface area contributed by atoms with Gasteiger partial charge in [-0.15, -0.1) is 0 Å². The van der Waals surface area contributed by atoms with Crippen LogP contribution in [0.5, 0.6) is 0 Å². The number of rotatable bonds is 2. The minimum absolute atomic E-state index is 0.429. The predicted octanol–water partition coefficient (Wildman–Crippen LogP) is 2.15. The van der Waals surface area contributed by atoms with Crippen LogP contribution in [0, 0.1) is 0 Å². The second-order valence-electron chi connectivity index (χ2n) is 1.86. The highest BCUT2D eigenvalue weighted by molar-refractivity contribution is 9.11. The molecule has 1 aromatic rings. The lowest BCUT2D eigenvalue weighted by atomic mass is 10.6. The lowest BCUT2D eigenvalue weighted by Gasteiger charge is -1.98. The molecule has 0 aliphatic carbocycles. The molecule has 0 bridgehead atoms. The van der Waals surface area contributed by atoms with E-state index in [0.717, 1.165) is 9.21 Å². The Morgan fingerprint density at radius 1 is 1.36 bits per heavy atom. The third kappa shape index (κ3) is 2.84. The Morgan fingerprint density at radius 2 is 1.91 bits per heavy atom. The van der Waals surface area contributed by atoms with Crippen LogP contribution in [0.25, 0.3) is 0 Å². The SMILES string of the molecule is COCc1nc(Br)cc(Br)n1. The Bertz CT molecular complexity index is 234. The van der Waals surface area contributed by atoms with E-state index in [1.54, 1.807) is 13.2 Å². The van der Waals surface area contributed by atoms with E-state index in [9.17, 15) is 0 Å². The first-order chi connectivity index (χ1) is 5.22. The molecule has 60 valence electrons. The minimum atomic E-state index is 0.429. The topological polar surface area (TPSA) is 35.0 Å². The van der Waals surface area contributed by atoms with Gasteiger partial charge in [0.2, 0.25) is 0 Å². The largest absolute Gasteiger partial charge is 0.377 e. The first kappa shape index (κ1) is 9.09. The monoisotopic (exact) mass is 280 g/mol. The summed E-state index contributed by atoms with van der Waals surface area (Å²) in [6, 6.07) is 1.78. The third-order valence-electron chi connectivity index (χ3n) is 0.983. The number of hydrogen-bond acceptors (Lipinski definition) is 3. The molecule has 0 aliphatic rings. The van der Waals surface area contributed by atoms with E-state index in [1.807, 2.05) is 0 Å². The van der Waals surface area contributed by atoms with Crippen LogP contribution in [0.4, 0.5) is 0 Å². The van der Waals surface area contributed by atoms with Crippen LogP contribution in [0.1, 0.15) is 5.82 Å². The first-order valence-corrected chi connectivity index (χ1v) is 4.49. The van der Waals surface area contributed by atoms with E-state index in [4.69, 9.17) is 4.74 Å². The molecular formula is C6H6Br2N2O. The van der Waals surface area contributed by atoms with Crippen molar-refractivity contribution in [3.05, 3.63) is 21.1 Å². The third-order valence-corrected chi connectivity index (χ3v) is 1.80. The molecule has 0 unspecified atom stereocenters. The van der Waals surface area contributed by atoms with Crippen molar-refractivity contribution in [1.82, 2.24) is 9.97 Å². The van der Waals surface area contributed by atoms with Crippen LogP contribution >= 0.6 is 31.9 Å². The number of hydrogen-bond donors (Lipinski definition) is 0. The van der Waals surface area contributed by atoms with Crippen LogP contribution in [0.15, 0.2) is 15.3 Å². The number of halogens is 2. The second-order valence-corrected chi connectivity index (χ2v) is 3.49. The molecule has 3 nitrogen and oxygen atoms in total. The summed E-state index contributed by atoms with van der Waals surface area (Å²) in [5.41, 5.74) is 0. The quantitative estimate of drug-likeness (QED) is 0.779. The van der Waals surface area contributed by atoms with Gasteiger partial charge in [0.05, 0.1) is 0 Å². The number of nitrogens with zero attached hydrogens (tertiary/aromatic N) is 2. The molecule has 5 heteroatoms. The summed E-state index contributed by atoms with van der Waals surface area (Å²) in [7, 11) is 1.61. The maximum Gasteiger partial charge on any atom is 0.156 e. The summed E-state index contributed by atoms with van der Waals surface area (Å²) in [6.45, 7) is 0.429. The first-order valence-electron chi connectivity index (χ1n) is 2.90. The summed E-state index contributed by atoms with van der Waals surface area (Å²) < 4.78 is 6.38. The van der Waals surface area contributed by atoms with Gasteiger partial charge in [-0.1, -0.05) is 0 Å². The maximum atomic E-state index is 4.87. The molecule has 11 heavy (non-hydrogen) atoms. The van der Waals surface area contributed by atoms with Gasteiger partial charge in [0.1, 0.15) is 15.8 Å². The van der Waals surface area contributed by atoms with E-state index in [2.05, 4.69) is 41.8 Å². The molecule has 0 fully saturated rings. The molecule has 0 radical (unpaired) electrons. The predicted molar refractivity (Wildman–Crippen MR) is 48.1 cm³/mol. The molecule has 1 heterocycles. The second kappa shape index (κ2) is 4.13. The van der Waals surface area contributed by atoms with Crippen LogP contribution in [-0.2, 0) is 11.3 Å². The Morgan fingerprint density at radius 3 is 2.36 bits per heavy atom. The fraction of sp³-hybridized carbons (Fsp3) is 0.333. The molecule has 0 N–H and O–H groups in total. The van der Waals surface area contributed by atoms with Crippen LogP contribution in [0.3, 0.4) is 0 Å². The molecule has 0 amide bonds. The van der Waals surface area contributed by atoms with Gasteiger partial charge in [-0.25, -0.2) is 9.97 Å². The zero-order chi connectivity index (χ0) is 8.27. The van der Waals surface area contributed by atoms with Gasteiger partial charge in [0.25, 0.3) is 0 Å². The van der Waals surface area contributed by atoms with Crippen LogP contribution in [0.2, 0.25) is 0 Å². The molecule has 0 aromatic carbocycles. The summed E-state index contributed by atoms with van der Waals surface area (Å²) >= 11 is 6.49. The molecule has 1 aromatic heterocycles. The van der Waals surface area contributed by atoms with Gasteiger partial charge in [-0.05, 0) is 31.9 Å². The molecule has 0 saturated carbocycles. The van der Waals surface area contributed by atoms with E-state index >= 15 is 0 Å². The van der Waals surface area contributed by atoms with Crippen molar-refractivity contribution in [2.45, 2.75) is 6.61 Å². The standard InChI is InChI=1S/C6H6Br2N2O/c1-11-3-6-9-4(7)2-5(8)10-6/h2H,3H2,1H3. The molecule has 1 rings (SSSR count).